The first-order valence-electron chi connectivity index (χ1n) is 10.4. The molecule has 1 aliphatic rings. The minimum absolute atomic E-state index is 0.421. The van der Waals surface area contributed by atoms with Crippen LogP contribution in [0.25, 0.3) is 0 Å². The SMILES string of the molecule is COc1ccc(COc2cccc(CCN(C)c3nccc(Cl)n3)c2C2OCCO2)cc1. The van der Waals surface area contributed by atoms with Crippen LogP contribution in [0.2, 0.25) is 5.15 Å². The average Bonchev–Trinajstić information content (AvgIpc) is 3.36. The van der Waals surface area contributed by atoms with E-state index in [0.29, 0.717) is 37.5 Å². The van der Waals surface area contributed by atoms with Gasteiger partial charge in [0.25, 0.3) is 0 Å². The number of likely N-dealkylation sites (N-methyl/N-ethyl adjacent to an activating group) is 1. The molecule has 2 aromatic carbocycles. The third-order valence-corrected chi connectivity index (χ3v) is 5.44. The van der Waals surface area contributed by atoms with Gasteiger partial charge >= 0.3 is 0 Å². The molecular formula is C24H26ClN3O4. The Kier molecular flexibility index (Phi) is 7.42. The van der Waals surface area contributed by atoms with Crippen molar-refractivity contribution in [2.24, 2.45) is 0 Å². The molecule has 0 unspecified atom stereocenters. The van der Waals surface area contributed by atoms with Gasteiger partial charge in [-0.3, -0.25) is 0 Å². The molecule has 0 amide bonds. The Labute approximate surface area is 192 Å². The molecule has 0 radical (unpaired) electrons. The van der Waals surface area contributed by atoms with Crippen LogP contribution in [0.1, 0.15) is 23.0 Å². The Bertz CT molecular complexity index is 1030. The zero-order valence-electron chi connectivity index (χ0n) is 18.2. The van der Waals surface area contributed by atoms with Crippen molar-refractivity contribution >= 4 is 17.5 Å². The van der Waals surface area contributed by atoms with Crippen LogP contribution >= 0.6 is 11.6 Å². The Morgan fingerprint density at radius 1 is 1.09 bits per heavy atom. The van der Waals surface area contributed by atoms with E-state index < -0.39 is 6.29 Å². The lowest BCUT2D eigenvalue weighted by atomic mass is 10.0. The van der Waals surface area contributed by atoms with E-state index in [2.05, 4.69) is 16.0 Å². The van der Waals surface area contributed by atoms with E-state index in [0.717, 1.165) is 34.6 Å². The maximum atomic E-state index is 6.20. The van der Waals surface area contributed by atoms with Gasteiger partial charge in [0.2, 0.25) is 5.95 Å². The molecule has 4 rings (SSSR count). The van der Waals surface area contributed by atoms with Gasteiger partial charge < -0.3 is 23.8 Å². The van der Waals surface area contributed by atoms with Gasteiger partial charge in [-0.2, -0.15) is 0 Å². The van der Waals surface area contributed by atoms with Crippen LogP contribution in [0.15, 0.2) is 54.7 Å². The van der Waals surface area contributed by atoms with Crippen molar-refractivity contribution < 1.29 is 18.9 Å². The number of benzene rings is 2. The Morgan fingerprint density at radius 2 is 1.88 bits per heavy atom. The third-order valence-electron chi connectivity index (χ3n) is 5.23. The molecule has 0 atom stereocenters. The molecule has 8 heteroatoms. The van der Waals surface area contributed by atoms with E-state index in [1.54, 1.807) is 19.4 Å². The van der Waals surface area contributed by atoms with E-state index in [1.165, 1.54) is 0 Å². The Balaban J connectivity index is 1.51. The standard InChI is InChI=1S/C24H26ClN3O4/c1-28(24-26-12-10-21(25)27-24)13-11-18-4-3-5-20(22(18)23-30-14-15-31-23)32-16-17-6-8-19(29-2)9-7-17/h3-10,12,23H,11,13-16H2,1-2H3. The number of halogens is 1. The number of hydrogen-bond acceptors (Lipinski definition) is 7. The Hall–Kier alpha value is -2.87. The van der Waals surface area contributed by atoms with E-state index in [9.17, 15) is 0 Å². The number of nitrogens with zero attached hydrogens (tertiary/aromatic N) is 3. The summed E-state index contributed by atoms with van der Waals surface area (Å²) in [4.78, 5) is 10.5. The second kappa shape index (κ2) is 10.6. The van der Waals surface area contributed by atoms with Crippen molar-refractivity contribution in [1.82, 2.24) is 9.97 Å². The van der Waals surface area contributed by atoms with Gasteiger partial charge in [0.05, 0.1) is 25.9 Å². The molecule has 0 bridgehead atoms. The topological polar surface area (TPSA) is 65.9 Å². The number of methoxy groups -OCH3 is 1. The quantitative estimate of drug-likeness (QED) is 0.442. The predicted octanol–water partition coefficient (Wildman–Crippen LogP) is 4.44. The van der Waals surface area contributed by atoms with Crippen LogP contribution < -0.4 is 14.4 Å². The van der Waals surface area contributed by atoms with Crippen molar-refractivity contribution in [3.63, 3.8) is 0 Å². The van der Waals surface area contributed by atoms with Gasteiger partial charge in [-0.05, 0) is 41.8 Å². The van der Waals surface area contributed by atoms with Crippen LogP contribution in [0.3, 0.4) is 0 Å². The molecule has 0 aliphatic carbocycles. The van der Waals surface area contributed by atoms with Gasteiger partial charge in [0.1, 0.15) is 23.3 Å². The molecule has 0 N–H and O–H groups in total. The molecule has 32 heavy (non-hydrogen) atoms. The number of rotatable bonds is 9. The number of ether oxygens (including phenoxy) is 4. The van der Waals surface area contributed by atoms with Crippen molar-refractivity contribution in [2.45, 2.75) is 19.3 Å². The Morgan fingerprint density at radius 3 is 2.59 bits per heavy atom. The lowest BCUT2D eigenvalue weighted by Gasteiger charge is -2.22. The van der Waals surface area contributed by atoms with Crippen molar-refractivity contribution in [3.05, 3.63) is 76.6 Å². The fraction of sp³-hybridized carbons (Fsp3) is 0.333. The van der Waals surface area contributed by atoms with Crippen LogP contribution in [0.4, 0.5) is 5.95 Å². The predicted molar refractivity (Wildman–Crippen MR) is 122 cm³/mol. The zero-order chi connectivity index (χ0) is 22.3. The molecule has 0 spiro atoms. The van der Waals surface area contributed by atoms with Crippen molar-refractivity contribution in [2.75, 3.05) is 38.8 Å². The van der Waals surface area contributed by atoms with Crippen molar-refractivity contribution in [1.29, 1.82) is 0 Å². The summed E-state index contributed by atoms with van der Waals surface area (Å²) in [5.74, 6) is 2.16. The molecular weight excluding hydrogens is 430 g/mol. The summed E-state index contributed by atoms with van der Waals surface area (Å²) in [5.41, 5.74) is 3.07. The molecule has 168 valence electrons. The normalized spacial score (nSPS) is 13.8. The largest absolute Gasteiger partial charge is 0.497 e. The maximum absolute atomic E-state index is 6.20. The van der Waals surface area contributed by atoms with E-state index in [1.807, 2.05) is 48.3 Å². The van der Waals surface area contributed by atoms with Gasteiger partial charge in [0.15, 0.2) is 6.29 Å². The highest BCUT2D eigenvalue weighted by Gasteiger charge is 2.25. The highest BCUT2D eigenvalue weighted by molar-refractivity contribution is 6.29. The molecule has 1 saturated heterocycles. The summed E-state index contributed by atoms with van der Waals surface area (Å²) in [5, 5.41) is 0.421. The number of aromatic nitrogens is 2. The molecule has 7 nitrogen and oxygen atoms in total. The minimum atomic E-state index is -0.440. The second-order valence-electron chi connectivity index (χ2n) is 7.39. The van der Waals surface area contributed by atoms with Crippen LogP contribution in [-0.4, -0.2) is 43.9 Å². The average molecular weight is 456 g/mol. The number of anilines is 1. The van der Waals surface area contributed by atoms with Crippen LogP contribution in [-0.2, 0) is 22.5 Å². The summed E-state index contributed by atoms with van der Waals surface area (Å²) in [6.07, 6.45) is 1.95. The summed E-state index contributed by atoms with van der Waals surface area (Å²) < 4.78 is 23.1. The first-order chi connectivity index (χ1) is 15.6. The van der Waals surface area contributed by atoms with Gasteiger partial charge in [0, 0.05) is 19.8 Å². The molecule has 3 aromatic rings. The van der Waals surface area contributed by atoms with Crippen LogP contribution in [0.5, 0.6) is 11.5 Å². The van der Waals surface area contributed by atoms with E-state index in [-0.39, 0.29) is 0 Å². The molecule has 0 saturated carbocycles. The monoisotopic (exact) mass is 455 g/mol. The van der Waals surface area contributed by atoms with Gasteiger partial charge in [-0.15, -0.1) is 0 Å². The fourth-order valence-corrected chi connectivity index (χ4v) is 3.64. The van der Waals surface area contributed by atoms with E-state index in [4.69, 9.17) is 30.5 Å². The fourth-order valence-electron chi connectivity index (χ4n) is 3.51. The lowest BCUT2D eigenvalue weighted by Crippen LogP contribution is -2.23. The van der Waals surface area contributed by atoms with Gasteiger partial charge in [-0.25, -0.2) is 9.97 Å². The highest BCUT2D eigenvalue weighted by Crippen LogP contribution is 2.35. The van der Waals surface area contributed by atoms with Crippen LogP contribution in [0, 0.1) is 0 Å². The smallest absolute Gasteiger partial charge is 0.226 e. The summed E-state index contributed by atoms with van der Waals surface area (Å²) >= 11 is 6.01. The summed E-state index contributed by atoms with van der Waals surface area (Å²) in [7, 11) is 3.60. The zero-order valence-corrected chi connectivity index (χ0v) is 18.9. The third kappa shape index (κ3) is 5.48. The van der Waals surface area contributed by atoms with E-state index >= 15 is 0 Å². The molecule has 1 aliphatic heterocycles. The van der Waals surface area contributed by atoms with Crippen molar-refractivity contribution in [3.8, 4) is 11.5 Å². The highest BCUT2D eigenvalue weighted by atomic mass is 35.5. The minimum Gasteiger partial charge on any atom is -0.497 e. The first kappa shape index (κ1) is 22.3. The second-order valence-corrected chi connectivity index (χ2v) is 7.78. The number of hydrogen-bond donors (Lipinski definition) is 0. The summed E-state index contributed by atoms with van der Waals surface area (Å²) in [6, 6.07) is 15.5. The maximum Gasteiger partial charge on any atom is 0.226 e. The summed E-state index contributed by atoms with van der Waals surface area (Å²) in [6.45, 7) is 2.26. The molecule has 1 fully saturated rings. The lowest BCUT2D eigenvalue weighted by molar-refractivity contribution is -0.0464. The molecule has 1 aromatic heterocycles. The van der Waals surface area contributed by atoms with Gasteiger partial charge in [-0.1, -0.05) is 35.9 Å². The first-order valence-corrected chi connectivity index (χ1v) is 10.8. The molecule has 2 heterocycles.